The van der Waals surface area contributed by atoms with Crippen LogP contribution in [0.1, 0.15) is 26.3 Å². The van der Waals surface area contributed by atoms with Gasteiger partial charge in [0.25, 0.3) is 0 Å². The minimum absolute atomic E-state index is 0.00963. The minimum Gasteiger partial charge on any atom is -0.308 e. The Morgan fingerprint density at radius 1 is 1.46 bits per heavy atom. The second kappa shape index (κ2) is 3.83. The van der Waals surface area contributed by atoms with Gasteiger partial charge in [-0.05, 0) is 26.8 Å². The summed E-state index contributed by atoms with van der Waals surface area (Å²) >= 11 is 0. The third-order valence-electron chi connectivity index (χ3n) is 1.67. The molecule has 0 aliphatic heterocycles. The Balaban J connectivity index is 2.60. The van der Waals surface area contributed by atoms with Crippen molar-refractivity contribution in [1.29, 1.82) is 0 Å². The van der Waals surface area contributed by atoms with E-state index in [-0.39, 0.29) is 11.4 Å². The van der Waals surface area contributed by atoms with Gasteiger partial charge in [-0.25, -0.2) is 4.39 Å². The van der Waals surface area contributed by atoms with Gasteiger partial charge in [0.15, 0.2) is 0 Å². The predicted molar refractivity (Wildman–Crippen MR) is 50.8 cm³/mol. The predicted octanol–water partition coefficient (Wildman–Crippen LogP) is 2.11. The van der Waals surface area contributed by atoms with Gasteiger partial charge in [-0.15, -0.1) is 0 Å². The summed E-state index contributed by atoms with van der Waals surface area (Å²) in [5.74, 6) is -0.251. The maximum Gasteiger partial charge on any atom is 0.145 e. The van der Waals surface area contributed by atoms with Crippen LogP contribution in [-0.2, 0) is 6.54 Å². The van der Waals surface area contributed by atoms with Crippen LogP contribution in [0.25, 0.3) is 0 Å². The Morgan fingerprint density at radius 2 is 2.15 bits per heavy atom. The second-order valence-corrected chi connectivity index (χ2v) is 4.07. The standard InChI is InChI=1S/C10H15FN2/c1-10(2,3)13-6-8-4-5-12-7-9(8)11/h4-5,7,13H,6H2,1-3H3. The van der Waals surface area contributed by atoms with Crippen molar-refractivity contribution in [3.8, 4) is 0 Å². The van der Waals surface area contributed by atoms with Crippen molar-refractivity contribution in [2.24, 2.45) is 0 Å². The van der Waals surface area contributed by atoms with Crippen molar-refractivity contribution < 1.29 is 4.39 Å². The Bertz CT molecular complexity index is 278. The van der Waals surface area contributed by atoms with Crippen LogP contribution < -0.4 is 5.32 Å². The van der Waals surface area contributed by atoms with E-state index in [9.17, 15) is 4.39 Å². The van der Waals surface area contributed by atoms with E-state index >= 15 is 0 Å². The molecule has 72 valence electrons. The number of pyridine rings is 1. The lowest BCUT2D eigenvalue weighted by Gasteiger charge is -2.20. The maximum absolute atomic E-state index is 13.1. The first-order chi connectivity index (χ1) is 5.99. The number of nitrogens with one attached hydrogen (secondary N) is 1. The Morgan fingerprint density at radius 3 is 2.69 bits per heavy atom. The van der Waals surface area contributed by atoms with Gasteiger partial charge in [0.2, 0.25) is 0 Å². The fourth-order valence-electron chi connectivity index (χ4n) is 0.908. The summed E-state index contributed by atoms with van der Waals surface area (Å²) in [6, 6.07) is 1.69. The highest BCUT2D eigenvalue weighted by atomic mass is 19.1. The smallest absolute Gasteiger partial charge is 0.145 e. The first-order valence-corrected chi connectivity index (χ1v) is 4.32. The zero-order chi connectivity index (χ0) is 9.90. The molecule has 0 saturated heterocycles. The molecule has 1 aromatic rings. The molecule has 0 spiro atoms. The van der Waals surface area contributed by atoms with Crippen LogP contribution in [0.4, 0.5) is 4.39 Å². The average molecular weight is 182 g/mol. The van der Waals surface area contributed by atoms with E-state index in [1.54, 1.807) is 12.3 Å². The summed E-state index contributed by atoms with van der Waals surface area (Å²) in [6.07, 6.45) is 2.84. The van der Waals surface area contributed by atoms with Crippen LogP contribution in [0.5, 0.6) is 0 Å². The number of rotatable bonds is 2. The van der Waals surface area contributed by atoms with E-state index in [1.165, 1.54) is 6.20 Å². The van der Waals surface area contributed by atoms with Crippen molar-refractivity contribution in [2.75, 3.05) is 0 Å². The maximum atomic E-state index is 13.1. The lowest BCUT2D eigenvalue weighted by Crippen LogP contribution is -2.35. The molecule has 0 aliphatic rings. The highest BCUT2D eigenvalue weighted by Crippen LogP contribution is 2.06. The fraction of sp³-hybridized carbons (Fsp3) is 0.500. The zero-order valence-corrected chi connectivity index (χ0v) is 8.26. The minimum atomic E-state index is -0.251. The van der Waals surface area contributed by atoms with Crippen LogP contribution in [-0.4, -0.2) is 10.5 Å². The topological polar surface area (TPSA) is 24.9 Å². The Kier molecular flexibility index (Phi) is 2.98. The molecule has 0 unspecified atom stereocenters. The summed E-state index contributed by atoms with van der Waals surface area (Å²) in [7, 11) is 0. The van der Waals surface area contributed by atoms with Crippen LogP contribution >= 0.6 is 0 Å². The van der Waals surface area contributed by atoms with Crippen LogP contribution in [0, 0.1) is 5.82 Å². The van der Waals surface area contributed by atoms with E-state index in [2.05, 4.69) is 10.3 Å². The van der Waals surface area contributed by atoms with Crippen molar-refractivity contribution in [3.05, 3.63) is 29.8 Å². The van der Waals surface area contributed by atoms with Gasteiger partial charge >= 0.3 is 0 Å². The Labute approximate surface area is 78.2 Å². The average Bonchev–Trinajstić information content (AvgIpc) is 2.01. The van der Waals surface area contributed by atoms with Gasteiger partial charge in [-0.3, -0.25) is 4.98 Å². The molecule has 0 bridgehead atoms. The molecule has 1 N–H and O–H groups in total. The highest BCUT2D eigenvalue weighted by Gasteiger charge is 2.09. The summed E-state index contributed by atoms with van der Waals surface area (Å²) in [5.41, 5.74) is 0.667. The summed E-state index contributed by atoms with van der Waals surface area (Å²) < 4.78 is 13.1. The van der Waals surface area contributed by atoms with Crippen LogP contribution in [0.3, 0.4) is 0 Å². The number of hydrogen-bond acceptors (Lipinski definition) is 2. The second-order valence-electron chi connectivity index (χ2n) is 4.07. The fourth-order valence-corrected chi connectivity index (χ4v) is 0.908. The molecular formula is C10H15FN2. The number of hydrogen-bond donors (Lipinski definition) is 1. The molecule has 2 nitrogen and oxygen atoms in total. The van der Waals surface area contributed by atoms with Gasteiger partial charge in [0.1, 0.15) is 5.82 Å². The van der Waals surface area contributed by atoms with E-state index in [0.29, 0.717) is 12.1 Å². The summed E-state index contributed by atoms with van der Waals surface area (Å²) in [6.45, 7) is 6.68. The van der Waals surface area contributed by atoms with Gasteiger partial charge in [0.05, 0.1) is 6.20 Å². The van der Waals surface area contributed by atoms with E-state index < -0.39 is 0 Å². The largest absolute Gasteiger partial charge is 0.308 e. The van der Waals surface area contributed by atoms with Crippen molar-refractivity contribution in [2.45, 2.75) is 32.9 Å². The molecule has 0 aromatic carbocycles. The molecule has 0 aliphatic carbocycles. The lowest BCUT2D eigenvalue weighted by molar-refractivity contribution is 0.418. The monoisotopic (exact) mass is 182 g/mol. The van der Waals surface area contributed by atoms with Crippen molar-refractivity contribution >= 4 is 0 Å². The molecule has 1 rings (SSSR count). The lowest BCUT2D eigenvalue weighted by atomic mass is 10.1. The van der Waals surface area contributed by atoms with E-state index in [4.69, 9.17) is 0 Å². The zero-order valence-electron chi connectivity index (χ0n) is 8.26. The first-order valence-electron chi connectivity index (χ1n) is 4.32. The highest BCUT2D eigenvalue weighted by molar-refractivity contribution is 5.12. The van der Waals surface area contributed by atoms with E-state index in [0.717, 1.165) is 0 Å². The van der Waals surface area contributed by atoms with Gasteiger partial charge in [-0.1, -0.05) is 0 Å². The van der Waals surface area contributed by atoms with Crippen molar-refractivity contribution in [3.63, 3.8) is 0 Å². The summed E-state index contributed by atoms with van der Waals surface area (Å²) in [5, 5.41) is 3.21. The molecule has 1 aromatic heterocycles. The number of aromatic nitrogens is 1. The molecule has 0 saturated carbocycles. The number of nitrogens with zero attached hydrogens (tertiary/aromatic N) is 1. The Hall–Kier alpha value is -0.960. The molecule has 0 amide bonds. The van der Waals surface area contributed by atoms with Gasteiger partial charge in [0, 0.05) is 23.8 Å². The van der Waals surface area contributed by atoms with Crippen molar-refractivity contribution in [1.82, 2.24) is 10.3 Å². The molecule has 13 heavy (non-hydrogen) atoms. The molecule has 3 heteroatoms. The van der Waals surface area contributed by atoms with Crippen LogP contribution in [0.15, 0.2) is 18.5 Å². The molecule has 1 heterocycles. The third kappa shape index (κ3) is 3.51. The number of halogens is 1. The summed E-state index contributed by atoms with van der Waals surface area (Å²) in [4.78, 5) is 3.69. The van der Waals surface area contributed by atoms with Gasteiger partial charge < -0.3 is 5.32 Å². The normalized spacial score (nSPS) is 11.7. The van der Waals surface area contributed by atoms with E-state index in [1.807, 2.05) is 20.8 Å². The first kappa shape index (κ1) is 10.1. The third-order valence-corrected chi connectivity index (χ3v) is 1.67. The quantitative estimate of drug-likeness (QED) is 0.757. The SMILES string of the molecule is CC(C)(C)NCc1ccncc1F. The molecule has 0 fully saturated rings. The van der Waals surface area contributed by atoms with Crippen LogP contribution in [0.2, 0.25) is 0 Å². The van der Waals surface area contributed by atoms with Gasteiger partial charge in [-0.2, -0.15) is 0 Å². The molecule has 0 radical (unpaired) electrons. The molecule has 0 atom stereocenters. The molecular weight excluding hydrogens is 167 g/mol.